The highest BCUT2D eigenvalue weighted by atomic mass is 15.5. The molecule has 0 heterocycles. The summed E-state index contributed by atoms with van der Waals surface area (Å²) >= 11 is 0. The first-order valence-corrected chi connectivity index (χ1v) is 5.44. The Morgan fingerprint density at radius 2 is 1.80 bits per heavy atom. The van der Waals surface area contributed by atoms with E-state index < -0.39 is 0 Å². The number of hydrogen-bond acceptors (Lipinski definition) is 2. The van der Waals surface area contributed by atoms with E-state index in [4.69, 9.17) is 0 Å². The molecule has 0 aromatic heterocycles. The van der Waals surface area contributed by atoms with E-state index in [1.807, 2.05) is 26.2 Å². The van der Waals surface area contributed by atoms with Crippen molar-refractivity contribution >= 4 is 5.69 Å². The molecule has 0 atom stereocenters. The van der Waals surface area contributed by atoms with Gasteiger partial charge in [0, 0.05) is 14.1 Å². The van der Waals surface area contributed by atoms with Crippen LogP contribution >= 0.6 is 0 Å². The minimum Gasteiger partial charge on any atom is -0.285 e. The van der Waals surface area contributed by atoms with Crippen molar-refractivity contribution in [3.8, 4) is 0 Å². The van der Waals surface area contributed by atoms with Crippen LogP contribution in [-0.4, -0.2) is 19.1 Å². The molecule has 0 unspecified atom stereocenters. The molecule has 15 heavy (non-hydrogen) atoms. The molecular weight excluding hydrogens is 186 g/mol. The van der Waals surface area contributed by atoms with Gasteiger partial charge in [0.2, 0.25) is 0 Å². The number of benzene rings is 1. The van der Waals surface area contributed by atoms with Crippen molar-refractivity contribution in [3.63, 3.8) is 0 Å². The second kappa shape index (κ2) is 4.43. The van der Waals surface area contributed by atoms with E-state index in [2.05, 4.69) is 22.5 Å². The summed E-state index contributed by atoms with van der Waals surface area (Å²) in [5.74, 6) is 0.796. The lowest BCUT2D eigenvalue weighted by Crippen LogP contribution is -2.07. The highest BCUT2D eigenvalue weighted by molar-refractivity contribution is 5.39. The molecule has 1 aromatic carbocycles. The van der Waals surface area contributed by atoms with E-state index in [9.17, 15) is 0 Å². The fourth-order valence-corrected chi connectivity index (χ4v) is 1.70. The number of hydrogen-bond donors (Lipinski definition) is 0. The van der Waals surface area contributed by atoms with Gasteiger partial charge in [-0.15, -0.1) is 5.11 Å². The van der Waals surface area contributed by atoms with Crippen LogP contribution in [-0.2, 0) is 0 Å². The molecule has 0 aliphatic heterocycles. The normalized spacial score (nSPS) is 16.7. The number of rotatable bonds is 3. The van der Waals surface area contributed by atoms with Gasteiger partial charge in [-0.3, -0.25) is 5.01 Å². The van der Waals surface area contributed by atoms with Crippen molar-refractivity contribution in [2.75, 3.05) is 14.1 Å². The third kappa shape index (κ3) is 2.55. The Balaban J connectivity index is 2.03. The summed E-state index contributed by atoms with van der Waals surface area (Å²) in [6.07, 6.45) is 4.07. The molecule has 1 saturated carbocycles. The fourth-order valence-electron chi connectivity index (χ4n) is 1.70. The molecule has 1 fully saturated rings. The van der Waals surface area contributed by atoms with Crippen molar-refractivity contribution in [1.29, 1.82) is 0 Å². The van der Waals surface area contributed by atoms with Gasteiger partial charge in [0.25, 0.3) is 0 Å². The lowest BCUT2D eigenvalue weighted by Gasteiger charge is -2.25. The van der Waals surface area contributed by atoms with Crippen LogP contribution in [0.5, 0.6) is 0 Å². The van der Waals surface area contributed by atoms with Crippen molar-refractivity contribution in [3.05, 3.63) is 29.8 Å². The van der Waals surface area contributed by atoms with Gasteiger partial charge >= 0.3 is 0 Å². The van der Waals surface area contributed by atoms with Crippen LogP contribution in [0.3, 0.4) is 0 Å². The lowest BCUT2D eigenvalue weighted by molar-refractivity contribution is 0.408. The first-order chi connectivity index (χ1) is 7.25. The highest BCUT2D eigenvalue weighted by Crippen LogP contribution is 2.36. The zero-order valence-corrected chi connectivity index (χ0v) is 9.35. The lowest BCUT2D eigenvalue weighted by atomic mass is 9.80. The van der Waals surface area contributed by atoms with Crippen LogP contribution in [0.25, 0.3) is 0 Å². The smallest absolute Gasteiger partial charge is 0.0874 e. The molecule has 1 aliphatic carbocycles. The molecule has 3 heteroatoms. The molecule has 0 amide bonds. The SMILES string of the molecule is CN(C)N=Nc1ccc(C2CCC2)cc1. The summed E-state index contributed by atoms with van der Waals surface area (Å²) in [5, 5.41) is 9.76. The van der Waals surface area contributed by atoms with E-state index in [0.717, 1.165) is 11.6 Å². The minimum atomic E-state index is 0.796. The predicted molar refractivity (Wildman–Crippen MR) is 61.2 cm³/mol. The summed E-state index contributed by atoms with van der Waals surface area (Å²) < 4.78 is 0. The van der Waals surface area contributed by atoms with Gasteiger partial charge in [0.1, 0.15) is 0 Å². The van der Waals surface area contributed by atoms with E-state index >= 15 is 0 Å². The van der Waals surface area contributed by atoms with Crippen LogP contribution in [0.4, 0.5) is 5.69 Å². The Labute approximate surface area is 90.8 Å². The predicted octanol–water partition coefficient (Wildman–Crippen LogP) is 3.51. The molecule has 0 bridgehead atoms. The van der Waals surface area contributed by atoms with Crippen LogP contribution in [0.15, 0.2) is 34.6 Å². The van der Waals surface area contributed by atoms with E-state index in [1.165, 1.54) is 24.8 Å². The third-order valence-electron chi connectivity index (χ3n) is 2.81. The van der Waals surface area contributed by atoms with Crippen molar-refractivity contribution < 1.29 is 0 Å². The van der Waals surface area contributed by atoms with Crippen LogP contribution in [0.2, 0.25) is 0 Å². The van der Waals surface area contributed by atoms with Gasteiger partial charge in [-0.1, -0.05) is 23.8 Å². The molecule has 80 valence electrons. The summed E-state index contributed by atoms with van der Waals surface area (Å²) in [6.45, 7) is 0. The second-order valence-corrected chi connectivity index (χ2v) is 4.26. The second-order valence-electron chi connectivity index (χ2n) is 4.26. The fraction of sp³-hybridized carbons (Fsp3) is 0.500. The van der Waals surface area contributed by atoms with Gasteiger partial charge in [0.15, 0.2) is 0 Å². The Morgan fingerprint density at radius 1 is 1.13 bits per heavy atom. The van der Waals surface area contributed by atoms with Gasteiger partial charge in [-0.25, -0.2) is 0 Å². The third-order valence-corrected chi connectivity index (χ3v) is 2.81. The van der Waals surface area contributed by atoms with Crippen molar-refractivity contribution in [1.82, 2.24) is 5.01 Å². The van der Waals surface area contributed by atoms with Crippen LogP contribution < -0.4 is 0 Å². The van der Waals surface area contributed by atoms with Crippen molar-refractivity contribution in [2.45, 2.75) is 25.2 Å². The van der Waals surface area contributed by atoms with E-state index in [-0.39, 0.29) is 0 Å². The molecule has 1 aromatic rings. The Kier molecular flexibility index (Phi) is 2.99. The number of nitrogens with zero attached hydrogens (tertiary/aromatic N) is 3. The molecule has 0 radical (unpaired) electrons. The van der Waals surface area contributed by atoms with E-state index in [1.54, 1.807) is 5.01 Å². The molecule has 2 rings (SSSR count). The first kappa shape index (κ1) is 10.1. The molecular formula is C12H17N3. The Bertz CT molecular complexity index is 336. The molecule has 0 N–H and O–H groups in total. The van der Waals surface area contributed by atoms with Gasteiger partial charge in [0.05, 0.1) is 5.69 Å². The zero-order valence-electron chi connectivity index (χ0n) is 9.35. The minimum absolute atomic E-state index is 0.796. The zero-order chi connectivity index (χ0) is 10.7. The maximum atomic E-state index is 4.10. The summed E-state index contributed by atoms with van der Waals surface area (Å²) in [6, 6.07) is 8.43. The largest absolute Gasteiger partial charge is 0.285 e. The van der Waals surface area contributed by atoms with E-state index in [0.29, 0.717) is 0 Å². The maximum absolute atomic E-state index is 4.10. The molecule has 3 nitrogen and oxygen atoms in total. The van der Waals surface area contributed by atoms with Gasteiger partial charge in [-0.05, 0) is 36.5 Å². The standard InChI is InChI=1S/C12H17N3/c1-15(2)14-13-12-8-6-11(7-9-12)10-4-3-5-10/h6-10H,3-5H2,1-2H3. The quantitative estimate of drug-likeness (QED) is 0.545. The Morgan fingerprint density at radius 3 is 2.27 bits per heavy atom. The maximum Gasteiger partial charge on any atom is 0.0874 e. The molecule has 0 saturated heterocycles. The summed E-state index contributed by atoms with van der Waals surface area (Å²) in [4.78, 5) is 0. The first-order valence-electron chi connectivity index (χ1n) is 5.44. The van der Waals surface area contributed by atoms with Crippen molar-refractivity contribution in [2.24, 2.45) is 10.3 Å². The average Bonchev–Trinajstić information content (AvgIpc) is 2.14. The van der Waals surface area contributed by atoms with Crippen LogP contribution in [0.1, 0.15) is 30.7 Å². The average molecular weight is 203 g/mol. The monoisotopic (exact) mass is 203 g/mol. The summed E-state index contributed by atoms with van der Waals surface area (Å²) in [5.41, 5.74) is 2.37. The molecule has 1 aliphatic rings. The summed E-state index contributed by atoms with van der Waals surface area (Å²) in [7, 11) is 3.73. The molecule has 0 spiro atoms. The topological polar surface area (TPSA) is 28.0 Å². The van der Waals surface area contributed by atoms with Crippen LogP contribution in [0, 0.1) is 0 Å². The van der Waals surface area contributed by atoms with Gasteiger partial charge in [-0.2, -0.15) is 0 Å². The Hall–Kier alpha value is -1.38. The highest BCUT2D eigenvalue weighted by Gasteiger charge is 2.18. The van der Waals surface area contributed by atoms with Gasteiger partial charge < -0.3 is 0 Å².